The molecule has 0 N–H and O–H groups in total. The van der Waals surface area contributed by atoms with Gasteiger partial charge >= 0.3 is 0 Å². The summed E-state index contributed by atoms with van der Waals surface area (Å²) in [5, 5.41) is 4.82. The van der Waals surface area contributed by atoms with Crippen molar-refractivity contribution < 1.29 is 4.42 Å². The van der Waals surface area contributed by atoms with Gasteiger partial charge in [-0.05, 0) is 176 Å². The van der Waals surface area contributed by atoms with E-state index in [-0.39, 0.29) is 28.4 Å². The van der Waals surface area contributed by atoms with E-state index in [1.807, 2.05) is 0 Å². The number of nitrogens with zero attached hydrogens (tertiary/aromatic N) is 3. The Kier molecular flexibility index (Phi) is 11.2. The standard InChI is InChI=1S/C74H74BN3O/c1-43-33-47(53-26-22-27-56-55-25-20-21-28-66(55)79-70(53)56)34-44(2)68(43)77-62-38-49(72(8,9)10)30-32-58(62)75-59-41-57-54-31-29-48(71(5,6)7)37-60(54)76(52-23-18-17-19-24-52)61(57)42-63(59)78(65-40-51(74(14,15)16)39-64(77)67(65)75)69-45(3)35-50(36-46(69)4)73(11,12)13/h17-42H,1-16H3. The lowest BCUT2D eigenvalue weighted by atomic mass is 9.33. The molecule has 0 unspecified atom stereocenters. The fourth-order valence-electron chi connectivity index (χ4n) is 13.4. The molecule has 0 bridgehead atoms. The summed E-state index contributed by atoms with van der Waals surface area (Å²) in [6, 6.07) is 60.7. The van der Waals surface area contributed by atoms with Crippen LogP contribution in [0, 0.1) is 27.7 Å². The van der Waals surface area contributed by atoms with Crippen LogP contribution < -0.4 is 26.2 Å². The summed E-state index contributed by atoms with van der Waals surface area (Å²) in [6.45, 7) is 37.4. The van der Waals surface area contributed by atoms with Crippen molar-refractivity contribution in [1.82, 2.24) is 4.57 Å². The lowest BCUT2D eigenvalue weighted by Gasteiger charge is -2.46. The van der Waals surface area contributed by atoms with Crippen LogP contribution in [0.2, 0.25) is 0 Å². The Bertz CT molecular complexity index is 4300. The van der Waals surface area contributed by atoms with Crippen LogP contribution >= 0.6 is 0 Å². The second-order valence-corrected chi connectivity index (χ2v) is 27.3. The lowest BCUT2D eigenvalue weighted by molar-refractivity contribution is 0.589. The van der Waals surface area contributed by atoms with Gasteiger partial charge in [0.15, 0.2) is 0 Å². The third-order valence-corrected chi connectivity index (χ3v) is 17.6. The fourth-order valence-corrected chi connectivity index (χ4v) is 13.4. The molecule has 2 aliphatic rings. The topological polar surface area (TPSA) is 24.6 Å². The summed E-state index contributed by atoms with van der Waals surface area (Å²) in [5.74, 6) is 0. The Morgan fingerprint density at radius 2 is 0.886 bits per heavy atom. The highest BCUT2D eigenvalue weighted by Crippen LogP contribution is 2.51. The number of furan rings is 1. The number of anilines is 6. The molecule has 0 radical (unpaired) electrons. The van der Waals surface area contributed by atoms with Crippen LogP contribution in [0.1, 0.15) is 128 Å². The van der Waals surface area contributed by atoms with E-state index in [4.69, 9.17) is 4.42 Å². The Balaban J connectivity index is 1.15. The van der Waals surface area contributed by atoms with Crippen molar-refractivity contribution in [3.63, 3.8) is 0 Å². The largest absolute Gasteiger partial charge is 0.455 e. The predicted octanol–water partition coefficient (Wildman–Crippen LogP) is 18.9. The van der Waals surface area contributed by atoms with E-state index < -0.39 is 0 Å². The molecule has 0 spiro atoms. The van der Waals surface area contributed by atoms with Crippen LogP contribution in [0.15, 0.2) is 162 Å². The lowest BCUT2D eigenvalue weighted by Crippen LogP contribution is -2.61. The second-order valence-electron chi connectivity index (χ2n) is 27.3. The first-order chi connectivity index (χ1) is 37.4. The Morgan fingerprint density at radius 3 is 1.51 bits per heavy atom. The summed E-state index contributed by atoms with van der Waals surface area (Å²) >= 11 is 0. The Labute approximate surface area is 468 Å². The summed E-state index contributed by atoms with van der Waals surface area (Å²) < 4.78 is 9.21. The van der Waals surface area contributed by atoms with Crippen LogP contribution in [0.5, 0.6) is 0 Å². The highest BCUT2D eigenvalue weighted by molar-refractivity contribution is 7.00. The molecule has 0 atom stereocenters. The normalized spacial score (nSPS) is 13.7. The molecule has 0 saturated heterocycles. The van der Waals surface area contributed by atoms with Crippen LogP contribution in [-0.2, 0) is 21.7 Å². The highest BCUT2D eigenvalue weighted by Gasteiger charge is 2.46. The molecule has 394 valence electrons. The summed E-state index contributed by atoms with van der Waals surface area (Å²) in [5.41, 5.74) is 29.0. The first kappa shape index (κ1) is 50.7. The van der Waals surface area contributed by atoms with Gasteiger partial charge in [0, 0.05) is 55.5 Å². The number of aromatic nitrogens is 1. The maximum Gasteiger partial charge on any atom is 0.252 e. The van der Waals surface area contributed by atoms with Crippen LogP contribution in [-0.4, -0.2) is 11.3 Å². The van der Waals surface area contributed by atoms with Gasteiger partial charge in [-0.15, -0.1) is 0 Å². The van der Waals surface area contributed by atoms with Gasteiger partial charge in [-0.3, -0.25) is 0 Å². The number of hydrogen-bond donors (Lipinski definition) is 0. The monoisotopic (exact) mass is 1030 g/mol. The van der Waals surface area contributed by atoms with Crippen molar-refractivity contribution in [3.05, 3.63) is 202 Å². The first-order valence-electron chi connectivity index (χ1n) is 28.6. The fraction of sp³-hybridized carbons (Fsp3) is 0.270. The first-order valence-corrected chi connectivity index (χ1v) is 28.6. The van der Waals surface area contributed by atoms with Crippen molar-refractivity contribution in [2.24, 2.45) is 0 Å². The van der Waals surface area contributed by atoms with E-state index >= 15 is 0 Å². The number of hydrogen-bond acceptors (Lipinski definition) is 3. The van der Waals surface area contributed by atoms with Gasteiger partial charge in [0.25, 0.3) is 6.71 Å². The van der Waals surface area contributed by atoms with Gasteiger partial charge in [-0.25, -0.2) is 0 Å². The highest BCUT2D eigenvalue weighted by atomic mass is 16.3. The van der Waals surface area contributed by atoms with Gasteiger partial charge in [-0.2, -0.15) is 0 Å². The van der Waals surface area contributed by atoms with Gasteiger partial charge in [0.1, 0.15) is 11.2 Å². The van der Waals surface area contributed by atoms with E-state index in [0.717, 1.165) is 38.8 Å². The molecular weight excluding hydrogens is 958 g/mol. The zero-order chi connectivity index (χ0) is 55.6. The van der Waals surface area contributed by atoms with Gasteiger partial charge in [-0.1, -0.05) is 180 Å². The molecule has 2 aliphatic heterocycles. The van der Waals surface area contributed by atoms with E-state index in [2.05, 4.69) is 283 Å². The van der Waals surface area contributed by atoms with Crippen molar-refractivity contribution in [2.45, 2.75) is 132 Å². The van der Waals surface area contributed by atoms with Crippen molar-refractivity contribution in [1.29, 1.82) is 0 Å². The molecular formula is C74H74BN3O. The number of fused-ring (bicyclic) bond motifs is 10. The number of rotatable bonds is 4. The summed E-state index contributed by atoms with van der Waals surface area (Å²) in [4.78, 5) is 5.36. The molecule has 0 saturated carbocycles. The number of para-hydroxylation sites is 3. The average Bonchev–Trinajstić information content (AvgIpc) is 3.88. The molecule has 0 aliphatic carbocycles. The van der Waals surface area contributed by atoms with Gasteiger partial charge in [0.05, 0.1) is 22.4 Å². The van der Waals surface area contributed by atoms with E-state index in [1.54, 1.807) is 0 Å². The van der Waals surface area contributed by atoms with Crippen molar-refractivity contribution in [2.75, 3.05) is 9.80 Å². The minimum atomic E-state index is -0.181. The molecule has 0 fully saturated rings. The van der Waals surface area contributed by atoms with Crippen molar-refractivity contribution in [3.8, 4) is 16.8 Å². The SMILES string of the molecule is Cc1cc(-c2cccc3c2oc2ccccc23)cc(C)c1N1c2cc(C(C)(C)C)ccc2B2c3cc4c5ccc(C(C)(C)C)cc5n(-c5ccccc5)c4cc3N(c3c(C)cc(C(C)(C)C)cc3C)c3cc(C(C)(C)C)cc1c32. The smallest absolute Gasteiger partial charge is 0.252 e. The maximum atomic E-state index is 6.68. The molecule has 13 rings (SSSR count). The molecule has 4 heterocycles. The number of aryl methyl sites for hydroxylation is 4. The molecule has 0 amide bonds. The third-order valence-electron chi connectivity index (χ3n) is 17.6. The summed E-state index contributed by atoms with van der Waals surface area (Å²) in [6.07, 6.45) is 0. The molecule has 5 heteroatoms. The van der Waals surface area contributed by atoms with E-state index in [9.17, 15) is 0 Å². The zero-order valence-corrected chi connectivity index (χ0v) is 49.3. The molecule has 2 aromatic heterocycles. The average molecular weight is 1030 g/mol. The van der Waals surface area contributed by atoms with Crippen molar-refractivity contribution >= 4 is 101 Å². The van der Waals surface area contributed by atoms with E-state index in [0.29, 0.717) is 0 Å². The van der Waals surface area contributed by atoms with Gasteiger partial charge in [0.2, 0.25) is 0 Å². The van der Waals surface area contributed by atoms with E-state index in [1.165, 1.54) is 117 Å². The quantitative estimate of drug-likeness (QED) is 0.164. The molecule has 79 heavy (non-hydrogen) atoms. The maximum absolute atomic E-state index is 6.68. The van der Waals surface area contributed by atoms with Crippen LogP contribution in [0.4, 0.5) is 34.1 Å². The second kappa shape index (κ2) is 17.4. The molecule has 9 aromatic carbocycles. The Morgan fingerprint density at radius 1 is 0.380 bits per heavy atom. The number of benzene rings is 9. The Hall–Kier alpha value is -7.76. The predicted molar refractivity (Wildman–Crippen MR) is 341 cm³/mol. The van der Waals surface area contributed by atoms with Gasteiger partial charge < -0.3 is 18.8 Å². The van der Waals surface area contributed by atoms with Crippen LogP contribution in [0.3, 0.4) is 0 Å². The minimum Gasteiger partial charge on any atom is -0.455 e. The summed E-state index contributed by atoms with van der Waals surface area (Å²) in [7, 11) is 0. The minimum absolute atomic E-state index is 0.0150. The molecule has 4 nitrogen and oxygen atoms in total. The third kappa shape index (κ3) is 7.92. The zero-order valence-electron chi connectivity index (χ0n) is 49.3. The van der Waals surface area contributed by atoms with Crippen LogP contribution in [0.25, 0.3) is 60.6 Å². The molecule has 11 aromatic rings.